The largest absolute Gasteiger partial charge is 0.205 e. The summed E-state index contributed by atoms with van der Waals surface area (Å²) in [5.41, 5.74) is 3.31. The van der Waals surface area contributed by atoms with E-state index in [0.29, 0.717) is 0 Å². The molecule has 0 aliphatic carbocycles. The molecule has 0 aliphatic heterocycles. The average Bonchev–Trinajstić information content (AvgIpc) is 2.91. The summed E-state index contributed by atoms with van der Waals surface area (Å²) in [4.78, 5) is 0. The van der Waals surface area contributed by atoms with Gasteiger partial charge in [0.1, 0.15) is 6.54 Å². The third-order valence-electron chi connectivity index (χ3n) is 8.32. The van der Waals surface area contributed by atoms with E-state index < -0.39 is 0 Å². The normalized spacial score (nSPS) is 11.4. The van der Waals surface area contributed by atoms with Crippen molar-refractivity contribution in [1.29, 1.82) is 0 Å². The highest BCUT2D eigenvalue weighted by Gasteiger charge is 2.10. The van der Waals surface area contributed by atoms with Crippen molar-refractivity contribution in [2.24, 2.45) is 0 Å². The third-order valence-corrected chi connectivity index (χ3v) is 8.32. The van der Waals surface area contributed by atoms with Gasteiger partial charge in [0, 0.05) is 18.1 Å². The van der Waals surface area contributed by atoms with Gasteiger partial charge in [-0.25, -0.2) is 4.57 Å². The summed E-state index contributed by atoms with van der Waals surface area (Å²) in [6.45, 7) is 8.13. The summed E-state index contributed by atoms with van der Waals surface area (Å²) >= 11 is 0. The molecule has 0 aliphatic rings. The lowest BCUT2D eigenvalue weighted by Gasteiger charge is -2.10. The Kier molecular flexibility index (Phi) is 24.7. The summed E-state index contributed by atoms with van der Waals surface area (Å²) in [6.07, 6.45) is 42.9. The highest BCUT2D eigenvalue weighted by molar-refractivity contribution is 5.21. The van der Waals surface area contributed by atoms with Crippen molar-refractivity contribution in [2.75, 3.05) is 0 Å². The minimum Gasteiger partial charge on any atom is -0.205 e. The van der Waals surface area contributed by atoms with E-state index in [1.807, 2.05) is 0 Å². The van der Waals surface area contributed by atoms with Crippen molar-refractivity contribution in [2.45, 2.75) is 201 Å². The zero-order valence-corrected chi connectivity index (χ0v) is 26.0. The minimum atomic E-state index is 1.20. The van der Waals surface area contributed by atoms with Crippen molar-refractivity contribution in [3.63, 3.8) is 0 Å². The molecule has 1 aromatic rings. The molecule has 0 spiro atoms. The van der Waals surface area contributed by atoms with Crippen LogP contribution in [0.1, 0.15) is 192 Å². The molecule has 1 heteroatoms. The van der Waals surface area contributed by atoms with Gasteiger partial charge < -0.3 is 0 Å². The third kappa shape index (κ3) is 20.7. The number of hydrogen-bond acceptors (Lipinski definition) is 0. The van der Waals surface area contributed by atoms with Gasteiger partial charge in [-0.2, -0.15) is 0 Å². The second kappa shape index (κ2) is 26.7. The maximum atomic E-state index is 2.53. The van der Waals surface area contributed by atoms with Gasteiger partial charge in [0.2, 0.25) is 0 Å². The van der Waals surface area contributed by atoms with E-state index in [9.17, 15) is 0 Å². The first kappa shape index (κ1) is 34.2. The maximum Gasteiger partial charge on any atom is 0.172 e. The van der Waals surface area contributed by atoms with E-state index in [4.69, 9.17) is 0 Å². The molecule has 0 aromatic carbocycles. The Bertz CT molecular complexity index is 592. The van der Waals surface area contributed by atoms with Crippen molar-refractivity contribution < 1.29 is 4.57 Å². The molecule has 0 bridgehead atoms. The van der Waals surface area contributed by atoms with Crippen molar-refractivity contribution in [1.82, 2.24) is 0 Å². The molecular formula is C36H68N+. The van der Waals surface area contributed by atoms with Crippen molar-refractivity contribution in [3.05, 3.63) is 29.6 Å². The van der Waals surface area contributed by atoms with Crippen LogP contribution in [0.3, 0.4) is 0 Å². The van der Waals surface area contributed by atoms with Gasteiger partial charge in [0.05, 0.1) is 0 Å². The lowest BCUT2D eigenvalue weighted by molar-refractivity contribution is -0.697. The van der Waals surface area contributed by atoms with Crippen molar-refractivity contribution in [3.8, 4) is 0 Å². The van der Waals surface area contributed by atoms with Crippen LogP contribution in [0, 0.1) is 0 Å². The fourth-order valence-corrected chi connectivity index (χ4v) is 5.73. The topological polar surface area (TPSA) is 3.88 Å². The first-order valence-corrected chi connectivity index (χ1v) is 17.3. The van der Waals surface area contributed by atoms with Crippen LogP contribution in [0.25, 0.3) is 0 Å². The Hall–Kier alpha value is -0.850. The molecule has 37 heavy (non-hydrogen) atoms. The summed E-state index contributed by atoms with van der Waals surface area (Å²) in [7, 11) is 0. The molecule has 0 amide bonds. The number of pyridine rings is 1. The van der Waals surface area contributed by atoms with Crippen LogP contribution >= 0.6 is 0 Å². The van der Waals surface area contributed by atoms with E-state index in [0.717, 1.165) is 0 Å². The predicted octanol–water partition coefficient (Wildman–Crippen LogP) is 11.9. The van der Waals surface area contributed by atoms with E-state index in [1.54, 1.807) is 11.1 Å². The summed E-state index contributed by atoms with van der Waals surface area (Å²) < 4.78 is 2.50. The Morgan fingerprint density at radius 1 is 0.405 bits per heavy atom. The lowest BCUT2D eigenvalue weighted by atomic mass is 9.97. The predicted molar refractivity (Wildman–Crippen MR) is 166 cm³/mol. The molecule has 1 aromatic heterocycles. The summed E-state index contributed by atoms with van der Waals surface area (Å²) in [6, 6.07) is 2.48. The van der Waals surface area contributed by atoms with Gasteiger partial charge in [0.15, 0.2) is 12.4 Å². The first-order chi connectivity index (χ1) is 18.3. The highest BCUT2D eigenvalue weighted by Crippen LogP contribution is 2.18. The standard InChI is InChI=1S/C36H68N/c1-4-7-10-13-15-17-19-21-23-26-29-35-31-33-37(32-28-25-12-9-6-3)34-36(35)30-27-24-22-20-18-16-14-11-8-5-2/h31,33-34H,4-30,32H2,1-3H3/q+1. The highest BCUT2D eigenvalue weighted by atomic mass is 14.9. The summed E-state index contributed by atoms with van der Waals surface area (Å²) in [5, 5.41) is 0. The van der Waals surface area contributed by atoms with Gasteiger partial charge in [0.25, 0.3) is 0 Å². The van der Waals surface area contributed by atoms with Crippen LogP contribution in [0.5, 0.6) is 0 Å². The van der Waals surface area contributed by atoms with Gasteiger partial charge in [-0.05, 0) is 37.7 Å². The number of aromatic nitrogens is 1. The molecule has 0 radical (unpaired) electrons. The van der Waals surface area contributed by atoms with Gasteiger partial charge in [-0.15, -0.1) is 0 Å². The molecule has 0 saturated carbocycles. The maximum absolute atomic E-state index is 2.53. The molecular weight excluding hydrogens is 446 g/mol. The Morgan fingerprint density at radius 3 is 1.19 bits per heavy atom. The Morgan fingerprint density at radius 2 is 0.757 bits per heavy atom. The molecule has 0 fully saturated rings. The summed E-state index contributed by atoms with van der Waals surface area (Å²) in [5.74, 6) is 0. The van der Waals surface area contributed by atoms with Crippen LogP contribution in [0.4, 0.5) is 0 Å². The second-order valence-electron chi connectivity index (χ2n) is 12.0. The molecule has 0 saturated heterocycles. The second-order valence-corrected chi connectivity index (χ2v) is 12.0. The monoisotopic (exact) mass is 515 g/mol. The Balaban J connectivity index is 2.35. The van der Waals surface area contributed by atoms with E-state index in [2.05, 4.69) is 43.8 Å². The number of rotatable bonds is 28. The molecule has 0 unspecified atom stereocenters. The van der Waals surface area contributed by atoms with E-state index >= 15 is 0 Å². The molecule has 0 N–H and O–H groups in total. The van der Waals surface area contributed by atoms with Crippen LogP contribution in [-0.2, 0) is 19.4 Å². The number of nitrogens with zero attached hydrogens (tertiary/aromatic N) is 1. The van der Waals surface area contributed by atoms with Gasteiger partial charge in [-0.3, -0.25) is 0 Å². The van der Waals surface area contributed by atoms with E-state index in [-0.39, 0.29) is 0 Å². The molecule has 1 rings (SSSR count). The van der Waals surface area contributed by atoms with Gasteiger partial charge >= 0.3 is 0 Å². The number of unbranched alkanes of at least 4 members (excludes halogenated alkanes) is 22. The molecule has 1 heterocycles. The fourth-order valence-electron chi connectivity index (χ4n) is 5.73. The number of aryl methyl sites for hydroxylation is 3. The van der Waals surface area contributed by atoms with Crippen LogP contribution in [-0.4, -0.2) is 0 Å². The van der Waals surface area contributed by atoms with Crippen molar-refractivity contribution >= 4 is 0 Å². The van der Waals surface area contributed by atoms with Crippen LogP contribution in [0.2, 0.25) is 0 Å². The average molecular weight is 515 g/mol. The van der Waals surface area contributed by atoms with E-state index in [1.165, 1.54) is 180 Å². The van der Waals surface area contributed by atoms with Crippen LogP contribution in [0.15, 0.2) is 18.5 Å². The minimum absolute atomic E-state index is 1.20. The number of hydrogen-bond donors (Lipinski definition) is 0. The quantitative estimate of drug-likeness (QED) is 0.0773. The molecule has 216 valence electrons. The van der Waals surface area contributed by atoms with Crippen LogP contribution < -0.4 is 4.57 Å². The lowest BCUT2D eigenvalue weighted by Crippen LogP contribution is -2.33. The SMILES string of the molecule is CCCCCCCCCCCCc1cc[n+](CCCCCCC)cc1CCCCCCCCCCCC. The fraction of sp³-hybridized carbons (Fsp3) is 0.861. The zero-order chi connectivity index (χ0) is 26.7. The van der Waals surface area contributed by atoms with Gasteiger partial charge in [-0.1, -0.05) is 156 Å². The smallest absolute Gasteiger partial charge is 0.172 e. The molecule has 1 nitrogen and oxygen atoms in total. The molecule has 0 atom stereocenters. The zero-order valence-electron chi connectivity index (χ0n) is 26.0. The first-order valence-electron chi connectivity index (χ1n) is 17.3. The Labute approximate surface area is 234 Å².